The highest BCUT2D eigenvalue weighted by atomic mass is 15.1. The molecule has 0 bridgehead atoms. The lowest BCUT2D eigenvalue weighted by molar-refractivity contribution is 0.262. The molecule has 0 saturated carbocycles. The predicted molar refractivity (Wildman–Crippen MR) is 86.4 cm³/mol. The third kappa shape index (κ3) is 2.03. The second-order valence-corrected chi connectivity index (χ2v) is 5.75. The summed E-state index contributed by atoms with van der Waals surface area (Å²) in [5.74, 6) is 0. The van der Waals surface area contributed by atoms with Gasteiger partial charge in [-0.05, 0) is 36.0 Å². The van der Waals surface area contributed by atoms with E-state index in [1.54, 1.807) is 0 Å². The number of rotatable bonds is 1. The fourth-order valence-electron chi connectivity index (χ4n) is 3.41. The molecular formula is C19H18N2. The van der Waals surface area contributed by atoms with Crippen molar-refractivity contribution < 1.29 is 0 Å². The molecule has 4 rings (SSSR count). The zero-order valence-corrected chi connectivity index (χ0v) is 12.2. The molecule has 1 aromatic heterocycles. The van der Waals surface area contributed by atoms with Crippen molar-refractivity contribution in [2.24, 2.45) is 0 Å². The Morgan fingerprint density at radius 2 is 1.81 bits per heavy atom. The van der Waals surface area contributed by atoms with Crippen LogP contribution in [0, 0.1) is 0 Å². The molecule has 1 aliphatic rings. The molecule has 0 amide bonds. The van der Waals surface area contributed by atoms with E-state index in [0.29, 0.717) is 0 Å². The number of fused-ring (bicyclic) bond motifs is 2. The van der Waals surface area contributed by atoms with Crippen LogP contribution in [-0.4, -0.2) is 23.5 Å². The molecule has 0 fully saturated rings. The monoisotopic (exact) mass is 274 g/mol. The maximum Gasteiger partial charge on any atom is 0.0783 e. The lowest BCUT2D eigenvalue weighted by Gasteiger charge is -2.34. The first-order valence-corrected chi connectivity index (χ1v) is 7.46. The SMILES string of the molecule is CN1CCc2ccccc2[C@@H]1c1nccc2ccccc12. The first kappa shape index (κ1) is 12.5. The number of hydrogen-bond donors (Lipinski definition) is 0. The van der Waals surface area contributed by atoms with E-state index in [9.17, 15) is 0 Å². The van der Waals surface area contributed by atoms with Crippen molar-refractivity contribution in [3.05, 3.63) is 77.6 Å². The zero-order chi connectivity index (χ0) is 14.2. The van der Waals surface area contributed by atoms with Gasteiger partial charge in [-0.3, -0.25) is 9.88 Å². The molecule has 0 unspecified atom stereocenters. The molecule has 2 heterocycles. The molecule has 0 spiro atoms. The molecular weight excluding hydrogens is 256 g/mol. The molecule has 0 radical (unpaired) electrons. The fourth-order valence-corrected chi connectivity index (χ4v) is 3.41. The number of benzene rings is 2. The quantitative estimate of drug-likeness (QED) is 0.671. The highest BCUT2D eigenvalue weighted by Gasteiger charge is 2.27. The Balaban J connectivity index is 1.96. The van der Waals surface area contributed by atoms with Crippen molar-refractivity contribution in [2.75, 3.05) is 13.6 Å². The summed E-state index contributed by atoms with van der Waals surface area (Å²) in [6, 6.07) is 19.6. The maximum absolute atomic E-state index is 4.74. The Morgan fingerprint density at radius 1 is 1.00 bits per heavy atom. The van der Waals surface area contributed by atoms with Gasteiger partial charge >= 0.3 is 0 Å². The second-order valence-electron chi connectivity index (χ2n) is 5.75. The number of likely N-dealkylation sites (N-methyl/N-ethyl adjacent to an activating group) is 1. The van der Waals surface area contributed by atoms with Gasteiger partial charge in [-0.2, -0.15) is 0 Å². The molecule has 3 aromatic rings. The molecule has 2 nitrogen and oxygen atoms in total. The molecule has 104 valence electrons. The van der Waals surface area contributed by atoms with Gasteiger partial charge in [-0.1, -0.05) is 48.5 Å². The van der Waals surface area contributed by atoms with Crippen molar-refractivity contribution in [2.45, 2.75) is 12.5 Å². The van der Waals surface area contributed by atoms with Crippen LogP contribution in [0.4, 0.5) is 0 Å². The third-order valence-corrected chi connectivity index (χ3v) is 4.49. The number of aromatic nitrogens is 1. The molecule has 2 heteroatoms. The van der Waals surface area contributed by atoms with Crippen LogP contribution in [-0.2, 0) is 6.42 Å². The molecule has 21 heavy (non-hydrogen) atoms. The van der Waals surface area contributed by atoms with E-state index in [1.807, 2.05) is 6.20 Å². The largest absolute Gasteiger partial charge is 0.294 e. The molecule has 0 N–H and O–H groups in total. The van der Waals surface area contributed by atoms with Gasteiger partial charge in [0.05, 0.1) is 11.7 Å². The summed E-state index contributed by atoms with van der Waals surface area (Å²) in [6.07, 6.45) is 3.05. The van der Waals surface area contributed by atoms with Crippen molar-refractivity contribution >= 4 is 10.8 Å². The van der Waals surface area contributed by atoms with Crippen LogP contribution in [0.2, 0.25) is 0 Å². The van der Waals surface area contributed by atoms with Crippen molar-refractivity contribution in [3.63, 3.8) is 0 Å². The van der Waals surface area contributed by atoms with E-state index >= 15 is 0 Å². The van der Waals surface area contributed by atoms with Gasteiger partial charge < -0.3 is 0 Å². The number of nitrogens with zero attached hydrogens (tertiary/aromatic N) is 2. The second kappa shape index (κ2) is 4.97. The van der Waals surface area contributed by atoms with Gasteiger partial charge in [-0.25, -0.2) is 0 Å². The van der Waals surface area contributed by atoms with Crippen LogP contribution in [0.15, 0.2) is 60.8 Å². The molecule has 1 atom stereocenters. The van der Waals surface area contributed by atoms with Crippen LogP contribution in [0.25, 0.3) is 10.8 Å². The normalized spacial score (nSPS) is 18.6. The zero-order valence-electron chi connectivity index (χ0n) is 12.2. The summed E-state index contributed by atoms with van der Waals surface area (Å²) in [6.45, 7) is 1.08. The van der Waals surface area contributed by atoms with Crippen LogP contribution >= 0.6 is 0 Å². The van der Waals surface area contributed by atoms with E-state index in [1.165, 1.54) is 27.6 Å². The highest BCUT2D eigenvalue weighted by Crippen LogP contribution is 2.35. The van der Waals surface area contributed by atoms with Gasteiger partial charge in [0.1, 0.15) is 0 Å². The topological polar surface area (TPSA) is 16.1 Å². The first-order chi connectivity index (χ1) is 10.3. The van der Waals surface area contributed by atoms with Gasteiger partial charge in [0.15, 0.2) is 0 Å². The fraction of sp³-hybridized carbons (Fsp3) is 0.211. The third-order valence-electron chi connectivity index (χ3n) is 4.49. The summed E-state index contributed by atoms with van der Waals surface area (Å²) < 4.78 is 0. The van der Waals surface area contributed by atoms with E-state index in [4.69, 9.17) is 4.98 Å². The minimum atomic E-state index is 0.251. The van der Waals surface area contributed by atoms with Crippen LogP contribution in [0.5, 0.6) is 0 Å². The minimum absolute atomic E-state index is 0.251. The lowest BCUT2D eigenvalue weighted by Crippen LogP contribution is -2.33. The van der Waals surface area contributed by atoms with Crippen LogP contribution in [0.3, 0.4) is 0 Å². The lowest BCUT2D eigenvalue weighted by atomic mass is 9.89. The molecule has 0 aliphatic carbocycles. The van der Waals surface area contributed by atoms with Gasteiger partial charge in [0.2, 0.25) is 0 Å². The van der Waals surface area contributed by atoms with Crippen molar-refractivity contribution in [1.82, 2.24) is 9.88 Å². The molecule has 2 aromatic carbocycles. The van der Waals surface area contributed by atoms with E-state index in [0.717, 1.165) is 13.0 Å². The van der Waals surface area contributed by atoms with Crippen molar-refractivity contribution in [1.29, 1.82) is 0 Å². The summed E-state index contributed by atoms with van der Waals surface area (Å²) >= 11 is 0. The Bertz CT molecular complexity index is 789. The van der Waals surface area contributed by atoms with Gasteiger partial charge in [0.25, 0.3) is 0 Å². The van der Waals surface area contributed by atoms with E-state index < -0.39 is 0 Å². The Labute approximate surface area is 125 Å². The van der Waals surface area contributed by atoms with E-state index in [-0.39, 0.29) is 6.04 Å². The highest BCUT2D eigenvalue weighted by molar-refractivity contribution is 5.85. The average molecular weight is 274 g/mol. The average Bonchev–Trinajstić information content (AvgIpc) is 2.54. The summed E-state index contributed by atoms with van der Waals surface area (Å²) in [5.41, 5.74) is 4.02. The van der Waals surface area contributed by atoms with Gasteiger partial charge in [0, 0.05) is 18.1 Å². The summed E-state index contributed by atoms with van der Waals surface area (Å²) in [4.78, 5) is 7.15. The first-order valence-electron chi connectivity index (χ1n) is 7.46. The van der Waals surface area contributed by atoms with Crippen LogP contribution in [0.1, 0.15) is 22.9 Å². The summed E-state index contributed by atoms with van der Waals surface area (Å²) in [5, 5.41) is 2.52. The van der Waals surface area contributed by atoms with E-state index in [2.05, 4.69) is 66.5 Å². The summed E-state index contributed by atoms with van der Waals surface area (Å²) in [7, 11) is 2.20. The molecule has 0 saturated heterocycles. The smallest absolute Gasteiger partial charge is 0.0783 e. The standard InChI is InChI=1S/C19H18N2/c1-21-13-11-15-7-3-5-9-17(15)19(21)18-16-8-4-2-6-14(16)10-12-20-18/h2-10,12,19H,11,13H2,1H3/t19-/m1/s1. The van der Waals surface area contributed by atoms with Crippen LogP contribution < -0.4 is 0 Å². The predicted octanol–water partition coefficient (Wildman–Crippen LogP) is 3.81. The Kier molecular flexibility index (Phi) is 2.97. The Hall–Kier alpha value is -2.19. The minimum Gasteiger partial charge on any atom is -0.294 e. The van der Waals surface area contributed by atoms with Crippen molar-refractivity contribution in [3.8, 4) is 0 Å². The Morgan fingerprint density at radius 3 is 2.76 bits per heavy atom. The molecule has 1 aliphatic heterocycles. The maximum atomic E-state index is 4.74. The number of pyridine rings is 1. The van der Waals surface area contributed by atoms with Gasteiger partial charge in [-0.15, -0.1) is 0 Å². The number of hydrogen-bond acceptors (Lipinski definition) is 2.